The van der Waals surface area contributed by atoms with E-state index in [2.05, 4.69) is 10.3 Å². The zero-order valence-electron chi connectivity index (χ0n) is 17.7. The van der Waals surface area contributed by atoms with Crippen LogP contribution < -0.4 is 9.62 Å². The predicted molar refractivity (Wildman–Crippen MR) is 137 cm³/mol. The zero-order chi connectivity index (χ0) is 24.1. The number of hydrogen-bond acceptors (Lipinski definition) is 5. The standard InChI is InChI=1S/C25H19Cl2N3O3S/c26-17-10-18(27)12-19(11-17)34-30(15-24(31)32)23-8-2-5-20-21(23)6-1-7-22(20)25(33)29-14-16-4-3-9-28-13-16/h1-13H,14-15H2,(H,29,33)(H,31,32). The number of fused-ring (bicyclic) bond motifs is 1. The minimum Gasteiger partial charge on any atom is -0.480 e. The number of carboxylic acid groups (broad SMARTS) is 1. The van der Waals surface area contributed by atoms with Gasteiger partial charge in [-0.05, 0) is 59.3 Å². The fraction of sp³-hybridized carbons (Fsp3) is 0.0800. The largest absolute Gasteiger partial charge is 0.480 e. The second-order valence-electron chi connectivity index (χ2n) is 7.35. The van der Waals surface area contributed by atoms with Gasteiger partial charge in [0.2, 0.25) is 0 Å². The number of carbonyl (C=O) groups excluding carboxylic acids is 1. The second kappa shape index (κ2) is 10.8. The van der Waals surface area contributed by atoms with E-state index in [-0.39, 0.29) is 12.5 Å². The molecule has 0 saturated heterocycles. The summed E-state index contributed by atoms with van der Waals surface area (Å²) in [5.74, 6) is -1.23. The van der Waals surface area contributed by atoms with Crippen LogP contribution in [0.25, 0.3) is 10.8 Å². The highest BCUT2D eigenvalue weighted by atomic mass is 35.5. The van der Waals surface area contributed by atoms with E-state index in [4.69, 9.17) is 23.2 Å². The molecule has 2 N–H and O–H groups in total. The van der Waals surface area contributed by atoms with E-state index in [0.29, 0.717) is 38.1 Å². The molecule has 1 heterocycles. The fourth-order valence-electron chi connectivity index (χ4n) is 3.49. The summed E-state index contributed by atoms with van der Waals surface area (Å²) in [7, 11) is 0. The van der Waals surface area contributed by atoms with Crippen molar-refractivity contribution in [3.8, 4) is 0 Å². The Morgan fingerprint density at radius 1 is 0.971 bits per heavy atom. The molecule has 0 fully saturated rings. The average Bonchev–Trinajstić information content (AvgIpc) is 2.81. The lowest BCUT2D eigenvalue weighted by Gasteiger charge is -2.23. The lowest BCUT2D eigenvalue weighted by Crippen LogP contribution is -2.24. The molecular formula is C25H19Cl2N3O3S. The molecule has 0 bridgehead atoms. The van der Waals surface area contributed by atoms with Crippen LogP contribution in [0, 0.1) is 0 Å². The third-order valence-corrected chi connectivity index (χ3v) is 6.35. The minimum atomic E-state index is -0.997. The van der Waals surface area contributed by atoms with Gasteiger partial charge in [-0.15, -0.1) is 0 Å². The van der Waals surface area contributed by atoms with Crippen molar-refractivity contribution in [1.29, 1.82) is 0 Å². The van der Waals surface area contributed by atoms with Crippen molar-refractivity contribution in [2.75, 3.05) is 10.8 Å². The number of amides is 1. The normalized spacial score (nSPS) is 10.8. The highest BCUT2D eigenvalue weighted by Crippen LogP contribution is 2.37. The molecule has 0 unspecified atom stereocenters. The molecular weight excluding hydrogens is 493 g/mol. The lowest BCUT2D eigenvalue weighted by molar-refractivity contribution is -0.135. The van der Waals surface area contributed by atoms with Crippen molar-refractivity contribution in [2.24, 2.45) is 0 Å². The molecule has 6 nitrogen and oxygen atoms in total. The Hall–Kier alpha value is -3.26. The summed E-state index contributed by atoms with van der Waals surface area (Å²) in [6.45, 7) is 0.0740. The fourth-order valence-corrected chi connectivity index (χ4v) is 5.19. The third kappa shape index (κ3) is 5.80. The molecule has 172 valence electrons. The Morgan fingerprint density at radius 3 is 2.41 bits per heavy atom. The van der Waals surface area contributed by atoms with Gasteiger partial charge in [0.15, 0.2) is 0 Å². The number of nitrogens with zero attached hydrogens (tertiary/aromatic N) is 2. The molecule has 9 heteroatoms. The predicted octanol–water partition coefficient (Wildman–Crippen LogP) is 6.07. The van der Waals surface area contributed by atoms with Gasteiger partial charge in [0.1, 0.15) is 6.54 Å². The summed E-state index contributed by atoms with van der Waals surface area (Å²) >= 11 is 13.5. The van der Waals surface area contributed by atoms with Crippen molar-refractivity contribution in [3.05, 3.63) is 100 Å². The number of carbonyl (C=O) groups is 2. The molecule has 1 amide bonds. The van der Waals surface area contributed by atoms with Crippen molar-refractivity contribution in [1.82, 2.24) is 10.3 Å². The van der Waals surface area contributed by atoms with E-state index in [1.165, 1.54) is 11.9 Å². The van der Waals surface area contributed by atoms with Gasteiger partial charge in [-0.2, -0.15) is 0 Å². The number of hydrogen-bond donors (Lipinski definition) is 2. The quantitative estimate of drug-likeness (QED) is 0.279. The number of carboxylic acids is 1. The van der Waals surface area contributed by atoms with Crippen LogP contribution in [0.15, 0.2) is 84.0 Å². The maximum absolute atomic E-state index is 13.0. The van der Waals surface area contributed by atoms with Crippen LogP contribution in [-0.4, -0.2) is 28.5 Å². The first-order valence-electron chi connectivity index (χ1n) is 10.2. The Morgan fingerprint density at radius 2 is 1.71 bits per heavy atom. The van der Waals surface area contributed by atoms with Gasteiger partial charge in [-0.25, -0.2) is 0 Å². The summed E-state index contributed by atoms with van der Waals surface area (Å²) in [4.78, 5) is 29.4. The highest BCUT2D eigenvalue weighted by molar-refractivity contribution is 8.00. The van der Waals surface area contributed by atoms with E-state index < -0.39 is 5.97 Å². The van der Waals surface area contributed by atoms with E-state index in [1.807, 2.05) is 30.3 Å². The molecule has 4 aromatic rings. The van der Waals surface area contributed by atoms with Gasteiger partial charge in [-0.1, -0.05) is 53.5 Å². The minimum absolute atomic E-state index is 0.231. The van der Waals surface area contributed by atoms with Crippen LogP contribution in [0.5, 0.6) is 0 Å². The molecule has 0 saturated carbocycles. The highest BCUT2D eigenvalue weighted by Gasteiger charge is 2.18. The molecule has 3 aromatic carbocycles. The maximum atomic E-state index is 13.0. The van der Waals surface area contributed by atoms with Gasteiger partial charge in [0.05, 0.1) is 5.69 Å². The van der Waals surface area contributed by atoms with E-state index >= 15 is 0 Å². The Kier molecular flexibility index (Phi) is 7.57. The number of anilines is 1. The third-order valence-electron chi connectivity index (χ3n) is 4.92. The van der Waals surface area contributed by atoms with Crippen LogP contribution in [-0.2, 0) is 11.3 Å². The number of rotatable bonds is 8. The number of pyridine rings is 1. The zero-order valence-corrected chi connectivity index (χ0v) is 20.1. The summed E-state index contributed by atoms with van der Waals surface area (Å²) < 4.78 is 1.64. The second-order valence-corrected chi connectivity index (χ2v) is 9.32. The summed E-state index contributed by atoms with van der Waals surface area (Å²) in [6.07, 6.45) is 3.38. The SMILES string of the molecule is O=C(O)CN(Sc1cc(Cl)cc(Cl)c1)c1cccc2c(C(=O)NCc3cccnc3)cccc12. The van der Waals surface area contributed by atoms with Crippen molar-refractivity contribution >= 4 is 63.5 Å². The van der Waals surface area contributed by atoms with E-state index in [0.717, 1.165) is 10.9 Å². The van der Waals surface area contributed by atoms with Gasteiger partial charge in [-0.3, -0.25) is 14.6 Å². The maximum Gasteiger partial charge on any atom is 0.324 e. The monoisotopic (exact) mass is 511 g/mol. The Labute approximate surface area is 210 Å². The van der Waals surface area contributed by atoms with Gasteiger partial charge >= 0.3 is 5.97 Å². The number of nitrogens with one attached hydrogen (secondary N) is 1. The lowest BCUT2D eigenvalue weighted by atomic mass is 10.0. The first kappa shape index (κ1) is 23.9. The summed E-state index contributed by atoms with van der Waals surface area (Å²) in [5, 5.41) is 14.8. The van der Waals surface area contributed by atoms with Crippen LogP contribution in [0.1, 0.15) is 15.9 Å². The molecule has 34 heavy (non-hydrogen) atoms. The molecule has 0 spiro atoms. The molecule has 0 radical (unpaired) electrons. The van der Waals surface area contributed by atoms with Gasteiger partial charge in [0, 0.05) is 44.8 Å². The molecule has 1 aromatic heterocycles. The van der Waals surface area contributed by atoms with Crippen LogP contribution in [0.2, 0.25) is 10.0 Å². The first-order chi connectivity index (χ1) is 16.4. The average molecular weight is 512 g/mol. The molecule has 0 aliphatic rings. The number of benzene rings is 3. The van der Waals surface area contributed by atoms with Crippen molar-refractivity contribution < 1.29 is 14.7 Å². The van der Waals surface area contributed by atoms with Gasteiger partial charge in [0.25, 0.3) is 5.91 Å². The number of aromatic nitrogens is 1. The molecule has 0 aliphatic carbocycles. The Balaban J connectivity index is 1.68. The van der Waals surface area contributed by atoms with Gasteiger partial charge < -0.3 is 14.7 Å². The van der Waals surface area contributed by atoms with Crippen molar-refractivity contribution in [3.63, 3.8) is 0 Å². The molecule has 0 atom stereocenters. The molecule has 0 aliphatic heterocycles. The van der Waals surface area contributed by atoms with E-state index in [1.54, 1.807) is 53.1 Å². The Bertz CT molecular complexity index is 1330. The first-order valence-corrected chi connectivity index (χ1v) is 11.8. The summed E-state index contributed by atoms with van der Waals surface area (Å²) in [6, 6.07) is 19.6. The smallest absolute Gasteiger partial charge is 0.324 e. The molecule has 4 rings (SSSR count). The topological polar surface area (TPSA) is 82.5 Å². The van der Waals surface area contributed by atoms with Crippen molar-refractivity contribution in [2.45, 2.75) is 11.4 Å². The van der Waals surface area contributed by atoms with Crippen LogP contribution in [0.4, 0.5) is 5.69 Å². The summed E-state index contributed by atoms with van der Waals surface area (Å²) in [5.41, 5.74) is 2.04. The number of halogens is 2. The van der Waals surface area contributed by atoms with Crippen LogP contribution in [0.3, 0.4) is 0 Å². The number of aliphatic carboxylic acids is 1. The van der Waals surface area contributed by atoms with E-state index in [9.17, 15) is 14.7 Å². The van der Waals surface area contributed by atoms with Crippen LogP contribution >= 0.6 is 35.1 Å².